The van der Waals surface area contributed by atoms with Gasteiger partial charge in [0.2, 0.25) is 0 Å². The number of nitrogens with zero attached hydrogens (tertiary/aromatic N) is 3. The third-order valence-corrected chi connectivity index (χ3v) is 12.1. The maximum Gasteiger partial charge on any atom is 0.0450 e. The fourth-order valence-electron chi connectivity index (χ4n) is 9.45. The molecule has 3 heteroatoms. The molecule has 0 N–H and O–H groups in total. The molecule has 2 fully saturated rings. The molecule has 3 nitrogen and oxygen atoms in total. The largest absolute Gasteiger partial charge is 0.372 e. The van der Waals surface area contributed by atoms with Crippen LogP contribution < -0.4 is 14.7 Å². The molecule has 0 aliphatic carbocycles. The number of rotatable bonds is 4. The Morgan fingerprint density at radius 2 is 1.04 bits per heavy atom. The maximum atomic E-state index is 2.62. The van der Waals surface area contributed by atoms with Crippen LogP contribution in [-0.4, -0.2) is 33.2 Å². The van der Waals surface area contributed by atoms with Gasteiger partial charge in [-0.2, -0.15) is 0 Å². The molecular weight excluding hydrogens is 619 g/mol. The molecule has 0 saturated carbocycles. The molecule has 10 rings (SSSR count). The van der Waals surface area contributed by atoms with Crippen molar-refractivity contribution < 1.29 is 0 Å². The van der Waals surface area contributed by atoms with E-state index in [-0.39, 0.29) is 0 Å². The fourth-order valence-corrected chi connectivity index (χ4v) is 9.45. The lowest BCUT2D eigenvalue weighted by atomic mass is 9.83. The van der Waals surface area contributed by atoms with Crippen LogP contribution in [0.15, 0.2) is 121 Å². The van der Waals surface area contributed by atoms with E-state index < -0.39 is 0 Å². The average molecular weight is 664 g/mol. The molecule has 252 valence electrons. The SMILES string of the molecule is CN1c2ccccc2Cc2ccc(-c3c4cc(N5CCCCC5)ccc4c(-c4cccc5ccccc45)c4cc(N5CCCCC5)ccc34)cc21. The van der Waals surface area contributed by atoms with Crippen LogP contribution in [0.4, 0.5) is 22.7 Å². The summed E-state index contributed by atoms with van der Waals surface area (Å²) in [6.45, 7) is 4.53. The summed E-state index contributed by atoms with van der Waals surface area (Å²) in [5.41, 5.74) is 13.4. The van der Waals surface area contributed by atoms with Gasteiger partial charge in [-0.15, -0.1) is 0 Å². The van der Waals surface area contributed by atoms with Gasteiger partial charge in [0, 0.05) is 62.4 Å². The molecule has 3 aliphatic rings. The van der Waals surface area contributed by atoms with Gasteiger partial charge in [-0.1, -0.05) is 84.9 Å². The van der Waals surface area contributed by atoms with Crippen LogP contribution in [-0.2, 0) is 6.42 Å². The van der Waals surface area contributed by atoms with Crippen molar-refractivity contribution in [3.63, 3.8) is 0 Å². The summed E-state index contributed by atoms with van der Waals surface area (Å²) < 4.78 is 0. The fraction of sp³-hybridized carbons (Fsp3) is 0.250. The Labute approximate surface area is 301 Å². The molecule has 51 heavy (non-hydrogen) atoms. The second-order valence-electron chi connectivity index (χ2n) is 15.0. The third-order valence-electron chi connectivity index (χ3n) is 12.1. The Bertz CT molecular complexity index is 2440. The van der Waals surface area contributed by atoms with Crippen LogP contribution in [0, 0.1) is 0 Å². The molecule has 7 aromatic carbocycles. The lowest BCUT2D eigenvalue weighted by Crippen LogP contribution is -2.29. The normalized spacial score (nSPS) is 16.1. The molecule has 0 radical (unpaired) electrons. The van der Waals surface area contributed by atoms with Crippen molar-refractivity contribution in [3.05, 3.63) is 132 Å². The molecule has 0 atom stereocenters. The van der Waals surface area contributed by atoms with Gasteiger partial charge in [0.1, 0.15) is 0 Å². The van der Waals surface area contributed by atoms with Crippen molar-refractivity contribution in [2.24, 2.45) is 0 Å². The van der Waals surface area contributed by atoms with Crippen LogP contribution in [0.1, 0.15) is 49.7 Å². The number of hydrogen-bond donors (Lipinski definition) is 0. The highest BCUT2D eigenvalue weighted by Gasteiger charge is 2.24. The van der Waals surface area contributed by atoms with Gasteiger partial charge in [-0.25, -0.2) is 0 Å². The Balaban J connectivity index is 1.29. The molecule has 2 saturated heterocycles. The zero-order chi connectivity index (χ0) is 33.9. The van der Waals surface area contributed by atoms with Crippen molar-refractivity contribution in [3.8, 4) is 22.3 Å². The number of piperidine rings is 2. The molecular formula is C48H45N3. The summed E-state index contributed by atoms with van der Waals surface area (Å²) in [4.78, 5) is 7.64. The summed E-state index contributed by atoms with van der Waals surface area (Å²) in [5.74, 6) is 0. The van der Waals surface area contributed by atoms with E-state index in [4.69, 9.17) is 0 Å². The van der Waals surface area contributed by atoms with E-state index in [9.17, 15) is 0 Å². The predicted molar refractivity (Wildman–Crippen MR) is 219 cm³/mol. The number of benzene rings is 7. The van der Waals surface area contributed by atoms with Crippen molar-refractivity contribution >= 4 is 55.1 Å². The second kappa shape index (κ2) is 12.5. The summed E-state index contributed by atoms with van der Waals surface area (Å²) in [6, 6.07) is 46.7. The maximum absolute atomic E-state index is 2.62. The van der Waals surface area contributed by atoms with Gasteiger partial charge in [-0.3, -0.25) is 0 Å². The molecule has 7 aromatic rings. The van der Waals surface area contributed by atoms with E-state index in [0.717, 1.165) is 32.6 Å². The van der Waals surface area contributed by atoms with E-state index in [2.05, 4.69) is 143 Å². The van der Waals surface area contributed by atoms with Gasteiger partial charge in [0.25, 0.3) is 0 Å². The summed E-state index contributed by atoms with van der Waals surface area (Å²) in [6.07, 6.45) is 8.69. The van der Waals surface area contributed by atoms with E-state index in [1.165, 1.54) is 127 Å². The van der Waals surface area contributed by atoms with Crippen molar-refractivity contribution in [1.29, 1.82) is 0 Å². The Morgan fingerprint density at radius 1 is 0.431 bits per heavy atom. The first kappa shape index (κ1) is 30.5. The zero-order valence-corrected chi connectivity index (χ0v) is 29.7. The van der Waals surface area contributed by atoms with Gasteiger partial charge < -0.3 is 14.7 Å². The van der Waals surface area contributed by atoms with Gasteiger partial charge >= 0.3 is 0 Å². The highest BCUT2D eigenvalue weighted by atomic mass is 15.1. The van der Waals surface area contributed by atoms with Crippen LogP contribution >= 0.6 is 0 Å². The highest BCUT2D eigenvalue weighted by Crippen LogP contribution is 2.49. The van der Waals surface area contributed by atoms with E-state index in [1.807, 2.05) is 0 Å². The highest BCUT2D eigenvalue weighted by molar-refractivity contribution is 6.24. The Morgan fingerprint density at radius 3 is 1.78 bits per heavy atom. The predicted octanol–water partition coefficient (Wildman–Crippen LogP) is 12.1. The van der Waals surface area contributed by atoms with Crippen molar-refractivity contribution in [2.75, 3.05) is 47.9 Å². The van der Waals surface area contributed by atoms with Crippen LogP contribution in [0.25, 0.3) is 54.6 Å². The first-order chi connectivity index (χ1) is 25.2. The van der Waals surface area contributed by atoms with E-state index in [1.54, 1.807) is 0 Å². The minimum absolute atomic E-state index is 0.968. The molecule has 3 aliphatic heterocycles. The van der Waals surface area contributed by atoms with Crippen LogP contribution in [0.3, 0.4) is 0 Å². The molecule has 0 spiro atoms. The molecule has 0 amide bonds. The standard InChI is InChI=1S/C48H45N3/c1-49-45-18-7-5-14-34(45)29-35-19-20-36(30-46(35)49)47-41-23-21-38(51-27-10-3-11-28-51)32-44(41)48(40-17-12-15-33-13-4-6-16-39(33)40)42-24-22-37(31-43(42)47)50-25-8-2-9-26-50/h4-7,12-24,30-32H,2-3,8-11,25-29H2,1H3. The lowest BCUT2D eigenvalue weighted by Gasteiger charge is -2.32. The molecule has 0 bridgehead atoms. The topological polar surface area (TPSA) is 9.72 Å². The van der Waals surface area contributed by atoms with Gasteiger partial charge in [0.05, 0.1) is 0 Å². The molecule has 0 aromatic heterocycles. The first-order valence-electron chi connectivity index (χ1n) is 19.2. The summed E-state index contributed by atoms with van der Waals surface area (Å²) in [5, 5.41) is 7.96. The van der Waals surface area contributed by atoms with E-state index in [0.29, 0.717) is 0 Å². The number of anilines is 4. The second-order valence-corrected chi connectivity index (χ2v) is 15.0. The first-order valence-corrected chi connectivity index (χ1v) is 19.2. The van der Waals surface area contributed by atoms with Gasteiger partial charge in [0.15, 0.2) is 0 Å². The zero-order valence-electron chi connectivity index (χ0n) is 29.7. The van der Waals surface area contributed by atoms with E-state index >= 15 is 0 Å². The van der Waals surface area contributed by atoms with Crippen molar-refractivity contribution in [1.82, 2.24) is 0 Å². The monoisotopic (exact) mass is 663 g/mol. The summed E-state index contributed by atoms with van der Waals surface area (Å²) >= 11 is 0. The number of para-hydroxylation sites is 1. The van der Waals surface area contributed by atoms with Gasteiger partial charge in [-0.05, 0) is 141 Å². The quantitative estimate of drug-likeness (QED) is 0.174. The lowest BCUT2D eigenvalue weighted by molar-refractivity contribution is 0.578. The van der Waals surface area contributed by atoms with Crippen LogP contribution in [0.5, 0.6) is 0 Å². The number of hydrogen-bond acceptors (Lipinski definition) is 3. The minimum Gasteiger partial charge on any atom is -0.372 e. The summed E-state index contributed by atoms with van der Waals surface area (Å²) in [7, 11) is 2.24. The minimum atomic E-state index is 0.968. The van der Waals surface area contributed by atoms with Crippen LogP contribution in [0.2, 0.25) is 0 Å². The Kier molecular flexibility index (Phi) is 7.48. The Hall–Kier alpha value is -5.28. The average Bonchev–Trinajstić information content (AvgIpc) is 3.20. The number of fused-ring (bicyclic) bond motifs is 5. The smallest absolute Gasteiger partial charge is 0.0450 e. The van der Waals surface area contributed by atoms with Crippen molar-refractivity contribution in [2.45, 2.75) is 44.9 Å². The third kappa shape index (κ3) is 5.16. The molecule has 3 heterocycles. The molecule has 0 unspecified atom stereocenters.